The highest BCUT2D eigenvalue weighted by Gasteiger charge is 2.17. The Morgan fingerprint density at radius 2 is 1.61 bits per heavy atom. The van der Waals surface area contributed by atoms with Gasteiger partial charge in [0.15, 0.2) is 0 Å². The second kappa shape index (κ2) is 5.09. The van der Waals surface area contributed by atoms with Gasteiger partial charge in [-0.1, -0.05) is 45.0 Å². The van der Waals surface area contributed by atoms with Crippen molar-refractivity contribution in [1.82, 2.24) is 15.0 Å². The Balaban J connectivity index is 2.68. The molecule has 0 fully saturated rings. The van der Waals surface area contributed by atoms with Gasteiger partial charge < -0.3 is 0 Å². The summed E-state index contributed by atoms with van der Waals surface area (Å²) < 4.78 is 1.92. The number of aryl methyl sites for hydroxylation is 1. The van der Waals surface area contributed by atoms with Crippen LogP contribution in [0.4, 0.5) is 0 Å². The lowest BCUT2D eigenvalue weighted by Gasteiger charge is -2.15. The van der Waals surface area contributed by atoms with E-state index < -0.39 is 0 Å². The monoisotopic (exact) mass is 245 g/mol. The Bertz CT molecular complexity index is 542. The largest absolute Gasteiger partial charge is 0.247 e. The molecule has 0 radical (unpaired) electrons. The highest BCUT2D eigenvalue weighted by Crippen LogP contribution is 2.32. The standard InChI is InChI=1S/C15H23N3/c1-6-10(3)12-8-9-13(11(4)7-2)15-14(12)16-17-18(15)5/h8-11H,6-7H2,1-5H3. The maximum absolute atomic E-state index is 4.38. The minimum atomic E-state index is 0.537. The summed E-state index contributed by atoms with van der Waals surface area (Å²) in [6.07, 6.45) is 2.28. The summed E-state index contributed by atoms with van der Waals surface area (Å²) in [6, 6.07) is 4.51. The topological polar surface area (TPSA) is 30.7 Å². The second-order valence-corrected chi connectivity index (χ2v) is 5.27. The van der Waals surface area contributed by atoms with Crippen LogP contribution in [0.25, 0.3) is 11.0 Å². The molecule has 0 aliphatic carbocycles. The molecule has 1 aromatic carbocycles. The van der Waals surface area contributed by atoms with Crippen molar-refractivity contribution >= 4 is 11.0 Å². The van der Waals surface area contributed by atoms with E-state index in [1.807, 2.05) is 11.7 Å². The van der Waals surface area contributed by atoms with Crippen molar-refractivity contribution in [3.05, 3.63) is 23.3 Å². The normalized spacial score (nSPS) is 14.9. The molecule has 0 aliphatic heterocycles. The van der Waals surface area contributed by atoms with Crippen molar-refractivity contribution in [3.8, 4) is 0 Å². The Hall–Kier alpha value is -1.38. The van der Waals surface area contributed by atoms with Crippen LogP contribution in [-0.4, -0.2) is 15.0 Å². The molecule has 0 bridgehead atoms. The molecule has 1 heterocycles. The average Bonchev–Trinajstić information content (AvgIpc) is 2.78. The van der Waals surface area contributed by atoms with Crippen LogP contribution in [0.3, 0.4) is 0 Å². The molecular weight excluding hydrogens is 222 g/mol. The van der Waals surface area contributed by atoms with Crippen molar-refractivity contribution in [3.63, 3.8) is 0 Å². The highest BCUT2D eigenvalue weighted by molar-refractivity contribution is 5.82. The Labute approximate surface area is 109 Å². The van der Waals surface area contributed by atoms with Crippen molar-refractivity contribution in [1.29, 1.82) is 0 Å². The van der Waals surface area contributed by atoms with E-state index in [4.69, 9.17) is 0 Å². The molecule has 18 heavy (non-hydrogen) atoms. The zero-order valence-corrected chi connectivity index (χ0v) is 12.1. The van der Waals surface area contributed by atoms with Crippen LogP contribution in [0.5, 0.6) is 0 Å². The maximum Gasteiger partial charge on any atom is 0.116 e. The molecule has 1 aromatic heterocycles. The zero-order chi connectivity index (χ0) is 13.3. The van der Waals surface area contributed by atoms with Crippen molar-refractivity contribution < 1.29 is 0 Å². The van der Waals surface area contributed by atoms with E-state index in [2.05, 4.69) is 50.1 Å². The van der Waals surface area contributed by atoms with Gasteiger partial charge >= 0.3 is 0 Å². The number of nitrogens with zero attached hydrogens (tertiary/aromatic N) is 3. The van der Waals surface area contributed by atoms with E-state index in [1.54, 1.807) is 0 Å². The van der Waals surface area contributed by atoms with Crippen LogP contribution in [0, 0.1) is 0 Å². The van der Waals surface area contributed by atoms with Gasteiger partial charge in [-0.2, -0.15) is 0 Å². The summed E-state index contributed by atoms with van der Waals surface area (Å²) in [5, 5.41) is 8.59. The first kappa shape index (κ1) is 13.1. The van der Waals surface area contributed by atoms with E-state index in [-0.39, 0.29) is 0 Å². The molecule has 0 aliphatic rings. The fourth-order valence-corrected chi connectivity index (χ4v) is 2.45. The van der Waals surface area contributed by atoms with E-state index in [0.717, 1.165) is 18.4 Å². The summed E-state index contributed by atoms with van der Waals surface area (Å²) in [5.74, 6) is 1.09. The lowest BCUT2D eigenvalue weighted by Crippen LogP contribution is -2.01. The first-order chi connectivity index (χ1) is 8.60. The third-order valence-corrected chi connectivity index (χ3v) is 4.10. The van der Waals surface area contributed by atoms with Gasteiger partial charge in [-0.15, -0.1) is 5.10 Å². The molecule has 0 saturated heterocycles. The zero-order valence-electron chi connectivity index (χ0n) is 12.1. The van der Waals surface area contributed by atoms with Gasteiger partial charge in [0.2, 0.25) is 0 Å². The quantitative estimate of drug-likeness (QED) is 0.815. The van der Waals surface area contributed by atoms with Gasteiger partial charge in [0, 0.05) is 7.05 Å². The fraction of sp³-hybridized carbons (Fsp3) is 0.600. The van der Waals surface area contributed by atoms with Gasteiger partial charge in [-0.05, 0) is 35.8 Å². The third-order valence-electron chi connectivity index (χ3n) is 4.10. The predicted molar refractivity (Wildman–Crippen MR) is 75.9 cm³/mol. The minimum Gasteiger partial charge on any atom is -0.247 e. The molecule has 2 rings (SSSR count). The van der Waals surface area contributed by atoms with E-state index in [0.29, 0.717) is 11.8 Å². The molecule has 2 aromatic rings. The summed E-state index contributed by atoms with van der Waals surface area (Å²) in [5.41, 5.74) is 4.99. The van der Waals surface area contributed by atoms with E-state index >= 15 is 0 Å². The van der Waals surface area contributed by atoms with Gasteiger partial charge in [0.05, 0.1) is 5.52 Å². The predicted octanol–water partition coefficient (Wildman–Crippen LogP) is 4.00. The first-order valence-corrected chi connectivity index (χ1v) is 6.92. The Kier molecular flexibility index (Phi) is 3.69. The smallest absolute Gasteiger partial charge is 0.116 e. The average molecular weight is 245 g/mol. The number of rotatable bonds is 4. The third kappa shape index (κ3) is 2.02. The van der Waals surface area contributed by atoms with Gasteiger partial charge in [-0.3, -0.25) is 0 Å². The molecular formula is C15H23N3. The lowest BCUT2D eigenvalue weighted by molar-refractivity contribution is 0.708. The fourth-order valence-electron chi connectivity index (χ4n) is 2.45. The van der Waals surface area contributed by atoms with Crippen molar-refractivity contribution in [2.24, 2.45) is 7.05 Å². The van der Waals surface area contributed by atoms with Crippen molar-refractivity contribution in [2.75, 3.05) is 0 Å². The molecule has 0 amide bonds. The molecule has 98 valence electrons. The lowest BCUT2D eigenvalue weighted by atomic mass is 9.91. The van der Waals surface area contributed by atoms with Crippen LogP contribution >= 0.6 is 0 Å². The van der Waals surface area contributed by atoms with Gasteiger partial charge in [0.25, 0.3) is 0 Å². The second-order valence-electron chi connectivity index (χ2n) is 5.27. The molecule has 0 saturated carbocycles. The highest BCUT2D eigenvalue weighted by atomic mass is 15.4. The maximum atomic E-state index is 4.38. The first-order valence-electron chi connectivity index (χ1n) is 6.92. The van der Waals surface area contributed by atoms with E-state index in [1.165, 1.54) is 16.6 Å². The Morgan fingerprint density at radius 3 is 2.22 bits per heavy atom. The van der Waals surface area contributed by atoms with Crippen LogP contribution in [0.2, 0.25) is 0 Å². The molecule has 3 heteroatoms. The minimum absolute atomic E-state index is 0.537. The Morgan fingerprint density at radius 1 is 1.06 bits per heavy atom. The van der Waals surface area contributed by atoms with Crippen LogP contribution < -0.4 is 0 Å². The number of aromatic nitrogens is 3. The number of fused-ring (bicyclic) bond motifs is 1. The number of hydrogen-bond donors (Lipinski definition) is 0. The summed E-state index contributed by atoms with van der Waals surface area (Å²) in [7, 11) is 1.99. The van der Waals surface area contributed by atoms with E-state index in [9.17, 15) is 0 Å². The van der Waals surface area contributed by atoms with Gasteiger partial charge in [0.1, 0.15) is 5.52 Å². The SMILES string of the molecule is CCC(C)c1ccc(C(C)CC)c2c1nnn2C. The summed E-state index contributed by atoms with van der Waals surface area (Å²) in [4.78, 5) is 0. The molecule has 0 spiro atoms. The molecule has 0 N–H and O–H groups in total. The molecule has 3 nitrogen and oxygen atoms in total. The van der Waals surface area contributed by atoms with Crippen LogP contribution in [0.15, 0.2) is 12.1 Å². The molecule has 2 unspecified atom stereocenters. The summed E-state index contributed by atoms with van der Waals surface area (Å²) >= 11 is 0. The van der Waals surface area contributed by atoms with Gasteiger partial charge in [-0.25, -0.2) is 4.68 Å². The number of benzene rings is 1. The van der Waals surface area contributed by atoms with Crippen LogP contribution in [-0.2, 0) is 7.05 Å². The van der Waals surface area contributed by atoms with Crippen LogP contribution in [0.1, 0.15) is 63.5 Å². The van der Waals surface area contributed by atoms with Crippen molar-refractivity contribution in [2.45, 2.75) is 52.4 Å². The summed E-state index contributed by atoms with van der Waals surface area (Å²) in [6.45, 7) is 8.97. The number of hydrogen-bond acceptors (Lipinski definition) is 2. The molecule has 2 atom stereocenters.